The van der Waals surface area contributed by atoms with Gasteiger partial charge in [0, 0.05) is 48.3 Å². The van der Waals surface area contributed by atoms with Crippen LogP contribution in [0.25, 0.3) is 67.8 Å². The van der Waals surface area contributed by atoms with Gasteiger partial charge in [0.05, 0.1) is 67.6 Å². The molecule has 12 rings (SSSR count). The molecule has 14 nitrogen and oxygen atoms in total. The average Bonchev–Trinajstić information content (AvgIpc) is 1.64. The number of rotatable bonds is 9. The summed E-state index contributed by atoms with van der Waals surface area (Å²) in [5.74, 6) is 0.221. The second-order valence-corrected chi connectivity index (χ2v) is 28.7. The van der Waals surface area contributed by atoms with Crippen molar-refractivity contribution in [3.8, 4) is 67.8 Å². The zero-order valence-electron chi connectivity index (χ0n) is 55.6. The molecule has 91 heavy (non-hydrogen) atoms. The maximum atomic E-state index is 8.89. The van der Waals surface area contributed by atoms with E-state index >= 15 is 0 Å². The molecule has 4 aliphatic rings. The van der Waals surface area contributed by atoms with Crippen LogP contribution in [-0.2, 0) is 42.0 Å². The van der Waals surface area contributed by atoms with E-state index in [0.29, 0.717) is 11.6 Å². The number of carboxylic acids is 1. The Morgan fingerprint density at radius 1 is 0.341 bits per heavy atom. The van der Waals surface area contributed by atoms with Gasteiger partial charge in [0.15, 0.2) is 11.6 Å². The van der Waals surface area contributed by atoms with Gasteiger partial charge in [-0.2, -0.15) is 0 Å². The number of carbonyl (C=O) groups is 1. The summed E-state index contributed by atoms with van der Waals surface area (Å²) >= 11 is 7.10. The van der Waals surface area contributed by atoms with Crippen molar-refractivity contribution in [1.29, 1.82) is 0 Å². The van der Waals surface area contributed by atoms with Crippen LogP contribution in [0, 0.1) is 0 Å². The normalized spacial score (nSPS) is 19.0. The van der Waals surface area contributed by atoms with Crippen molar-refractivity contribution in [1.82, 2.24) is 19.9 Å². The SMILES string of the molecule is Brc1cc(Br)cc(-c2nc(-c3ccccc3)cc(-c3ccccc3)n2)c1.CC(=O)[O-].CC1(C)OB(B2OC(C)(C)C(C)(C)O2)OC1(C)C.CC1(C)OB(c2cc(B3OC(C)(C)C(C)(C)O3)cc(-c3nc(-c4ccccc4)cc(-c4ccccc4)n3)c2)OC1(C)C.[K+]. The second kappa shape index (κ2) is 28.4. The van der Waals surface area contributed by atoms with Crippen LogP contribution in [0.4, 0.5) is 0 Å². The first-order chi connectivity index (χ1) is 42.0. The van der Waals surface area contributed by atoms with Crippen LogP contribution in [0.2, 0.25) is 0 Å². The molecule has 0 aliphatic carbocycles. The summed E-state index contributed by atoms with van der Waals surface area (Å²) in [6, 6.07) is 57.1. The zero-order chi connectivity index (χ0) is 65.4. The molecule has 0 N–H and O–H groups in total. The van der Waals surface area contributed by atoms with E-state index in [-0.39, 0.29) is 73.8 Å². The minimum Gasteiger partial charge on any atom is -0.550 e. The Labute approximate surface area is 598 Å². The molecule has 6 aromatic carbocycles. The van der Waals surface area contributed by atoms with Gasteiger partial charge >= 0.3 is 79.6 Å². The molecular weight excluding hydrogens is 1300 g/mol. The monoisotopic (exact) mass is 1380 g/mol. The van der Waals surface area contributed by atoms with Crippen molar-refractivity contribution in [2.75, 3.05) is 0 Å². The Morgan fingerprint density at radius 2 is 0.560 bits per heavy atom. The van der Waals surface area contributed by atoms with Gasteiger partial charge in [0.25, 0.3) is 0 Å². The van der Waals surface area contributed by atoms with Crippen molar-refractivity contribution in [2.24, 2.45) is 0 Å². The predicted molar refractivity (Wildman–Crippen MR) is 366 cm³/mol. The first kappa shape index (κ1) is 72.3. The molecule has 0 atom stereocenters. The first-order valence-electron chi connectivity index (χ1n) is 30.3. The largest absolute Gasteiger partial charge is 1.00 e. The van der Waals surface area contributed by atoms with Crippen molar-refractivity contribution < 1.29 is 98.5 Å². The molecule has 2 aromatic heterocycles. The fourth-order valence-corrected chi connectivity index (χ4v) is 11.2. The van der Waals surface area contributed by atoms with E-state index in [9.17, 15) is 0 Å². The van der Waals surface area contributed by atoms with Gasteiger partial charge in [-0.1, -0.05) is 171 Å². The fourth-order valence-electron chi connectivity index (χ4n) is 9.90. The minimum absolute atomic E-state index is 0. The number of nitrogens with zero attached hydrogens (tertiary/aromatic N) is 4. The molecule has 466 valence electrons. The third-order valence-electron chi connectivity index (χ3n) is 17.9. The smallest absolute Gasteiger partial charge is 0.550 e. The molecule has 4 aliphatic heterocycles. The van der Waals surface area contributed by atoms with Crippen molar-refractivity contribution >= 4 is 77.0 Å². The van der Waals surface area contributed by atoms with Crippen LogP contribution >= 0.6 is 31.9 Å². The van der Waals surface area contributed by atoms with Gasteiger partial charge < -0.3 is 47.1 Å². The van der Waals surface area contributed by atoms with Crippen LogP contribution in [0.15, 0.2) is 179 Å². The molecule has 4 fully saturated rings. The predicted octanol–water partition coefficient (Wildman–Crippen LogP) is 11.1. The number of benzene rings is 6. The summed E-state index contributed by atoms with van der Waals surface area (Å²) in [4.78, 5) is 28.7. The minimum atomic E-state index is -1.08. The fraction of sp³-hybridized carbons (Fsp3) is 0.357. The van der Waals surface area contributed by atoms with E-state index in [0.717, 1.165) is 83.0 Å². The molecule has 0 spiro atoms. The van der Waals surface area contributed by atoms with Gasteiger partial charge in [0.1, 0.15) is 0 Å². The van der Waals surface area contributed by atoms with Crippen molar-refractivity contribution in [2.45, 2.75) is 163 Å². The van der Waals surface area contributed by atoms with Crippen LogP contribution < -0.4 is 67.4 Å². The summed E-state index contributed by atoms with van der Waals surface area (Å²) in [5, 5.41) is 8.89. The molecule has 0 amide bonds. The van der Waals surface area contributed by atoms with Crippen LogP contribution in [-0.4, -0.2) is 99.0 Å². The topological polar surface area (TPSA) is 166 Å². The van der Waals surface area contributed by atoms with E-state index in [1.807, 2.05) is 159 Å². The van der Waals surface area contributed by atoms with Gasteiger partial charge in [-0.25, -0.2) is 19.9 Å². The van der Waals surface area contributed by atoms with Gasteiger partial charge in [-0.3, -0.25) is 0 Å². The maximum absolute atomic E-state index is 8.89. The van der Waals surface area contributed by atoms with Gasteiger partial charge in [-0.15, -0.1) is 0 Å². The molecule has 21 heteroatoms. The number of aliphatic carboxylic acids is 1. The van der Waals surface area contributed by atoms with E-state index < -0.39 is 56.6 Å². The van der Waals surface area contributed by atoms with Gasteiger partial charge in [-0.05, 0) is 159 Å². The summed E-state index contributed by atoms with van der Waals surface area (Å²) in [5.41, 5.74) is 7.84. The van der Waals surface area contributed by atoms with Gasteiger partial charge in [0.2, 0.25) is 0 Å². The summed E-state index contributed by atoms with van der Waals surface area (Å²) in [7, 11) is -2.09. The van der Waals surface area contributed by atoms with Crippen LogP contribution in [0.3, 0.4) is 0 Å². The molecule has 0 saturated carbocycles. The molecule has 4 saturated heterocycles. The number of hydrogen-bond donors (Lipinski definition) is 0. The summed E-state index contributed by atoms with van der Waals surface area (Å²) in [6.07, 6.45) is 0. The molecule has 0 radical (unpaired) electrons. The second-order valence-electron chi connectivity index (χ2n) is 26.9. The quantitative estimate of drug-likeness (QED) is 0.125. The average molecular weight is 1380 g/mol. The van der Waals surface area contributed by atoms with E-state index in [2.05, 4.69) is 154 Å². The van der Waals surface area contributed by atoms with E-state index in [1.54, 1.807) is 0 Å². The molecule has 6 heterocycles. The molecule has 0 unspecified atom stereocenters. The number of aromatic nitrogens is 4. The molecular formula is C70H79B4Br2KN4O10. The van der Waals surface area contributed by atoms with E-state index in [1.165, 1.54) is 0 Å². The summed E-state index contributed by atoms with van der Waals surface area (Å²) < 4.78 is 51.7. The van der Waals surface area contributed by atoms with Crippen molar-refractivity contribution in [3.63, 3.8) is 0 Å². The maximum Gasteiger partial charge on any atom is 1.00 e. The number of carboxylic acid groups (broad SMARTS) is 1. The summed E-state index contributed by atoms with van der Waals surface area (Å²) in [6.45, 7) is 33.7. The number of hydrogen-bond acceptors (Lipinski definition) is 14. The van der Waals surface area contributed by atoms with Crippen LogP contribution in [0.5, 0.6) is 0 Å². The standard InChI is InChI=1S/C34H38B2N2O4.C22H14Br2N2.C12H24B2O4.C2H4O2.K/c1-31(2)32(3,4)40-35(39-31)26-19-25(20-27(21-26)36-41-33(5,6)34(7,8)42-36)30-37-28(23-15-11-9-12-16-23)22-29(38-30)24-17-13-10-14-18-24;23-18-11-17(12-19(24)13-18)22-25-20(15-7-3-1-4-8-15)14-21(26-22)16-9-5-2-6-10-16;1-9(2)10(3,4)16-13(15-9)14-17-11(5,6)12(7,8)18-14;1-2(3)4;/h9-22H,1-8H3;1-14H;1-8H3;1H3,(H,3,4);/q;;;;+1/p-1. The first-order valence-corrected chi connectivity index (χ1v) is 31.9. The zero-order valence-corrected chi connectivity index (χ0v) is 61.9. The molecule has 8 aromatic rings. The third kappa shape index (κ3) is 17.0. The molecule has 0 bridgehead atoms. The van der Waals surface area contributed by atoms with Crippen LogP contribution in [0.1, 0.15) is 118 Å². The van der Waals surface area contributed by atoms with E-state index in [4.69, 9.17) is 67.1 Å². The van der Waals surface area contributed by atoms with Crippen molar-refractivity contribution in [3.05, 3.63) is 179 Å². The number of carbonyl (C=O) groups excluding carboxylic acids is 1. The number of halogens is 2. The Morgan fingerprint density at radius 3 is 0.802 bits per heavy atom. The Bertz CT molecular complexity index is 3540. The Balaban J connectivity index is 0.000000185. The third-order valence-corrected chi connectivity index (χ3v) is 18.8. The Kier molecular flexibility index (Phi) is 22.6. The Hall–Kier alpha value is -4.51.